The Labute approximate surface area is 143 Å². The minimum Gasteiger partial charge on any atom is -0.492 e. The van der Waals surface area contributed by atoms with Crippen molar-refractivity contribution in [1.82, 2.24) is 10.2 Å². The molecule has 1 aliphatic rings. The van der Waals surface area contributed by atoms with Crippen molar-refractivity contribution in [2.75, 3.05) is 39.1 Å². The summed E-state index contributed by atoms with van der Waals surface area (Å²) in [6.45, 7) is 3.90. The molecule has 0 saturated carbocycles. The average Bonchev–Trinajstić information content (AvgIpc) is 3.02. The largest absolute Gasteiger partial charge is 0.492 e. The van der Waals surface area contributed by atoms with E-state index in [1.807, 2.05) is 6.92 Å². The Morgan fingerprint density at radius 3 is 2.70 bits per heavy atom. The first-order valence-corrected chi connectivity index (χ1v) is 7.53. The third-order valence-electron chi connectivity index (χ3n) is 3.62. The molecule has 0 bridgehead atoms. The van der Waals surface area contributed by atoms with E-state index in [9.17, 15) is 9.59 Å². The highest BCUT2D eigenvalue weighted by Crippen LogP contribution is 2.27. The molecule has 23 heavy (non-hydrogen) atoms. The lowest BCUT2D eigenvalue weighted by atomic mass is 10.1. The zero-order valence-electron chi connectivity index (χ0n) is 13.7. The van der Waals surface area contributed by atoms with Gasteiger partial charge in [-0.25, -0.2) is 0 Å². The molecule has 128 valence electrons. The van der Waals surface area contributed by atoms with Gasteiger partial charge in [0.05, 0.1) is 18.2 Å². The maximum absolute atomic E-state index is 12.2. The van der Waals surface area contributed by atoms with Crippen molar-refractivity contribution in [3.8, 4) is 5.75 Å². The second kappa shape index (κ2) is 8.74. The molecule has 1 aromatic carbocycles. The van der Waals surface area contributed by atoms with Crippen molar-refractivity contribution in [2.45, 2.75) is 13.3 Å². The predicted molar refractivity (Wildman–Crippen MR) is 92.5 cm³/mol. The number of ether oxygens (including phenoxy) is 1. The minimum atomic E-state index is -0.0983. The SMILES string of the molecule is CCOc1cc(C(=O)N(C)C)ccc1NC(=O)C1CCNC1.Cl. The quantitative estimate of drug-likeness (QED) is 0.856. The van der Waals surface area contributed by atoms with Crippen LogP contribution in [0.4, 0.5) is 5.69 Å². The van der Waals surface area contributed by atoms with E-state index in [-0.39, 0.29) is 30.1 Å². The third-order valence-corrected chi connectivity index (χ3v) is 3.62. The van der Waals surface area contributed by atoms with Crippen LogP contribution in [0.5, 0.6) is 5.75 Å². The first-order valence-electron chi connectivity index (χ1n) is 7.53. The monoisotopic (exact) mass is 341 g/mol. The molecule has 1 aromatic rings. The average molecular weight is 342 g/mol. The van der Waals surface area contributed by atoms with Crippen LogP contribution in [0.15, 0.2) is 18.2 Å². The molecule has 7 heteroatoms. The number of carbonyl (C=O) groups is 2. The van der Waals surface area contributed by atoms with Crippen LogP contribution in [0.25, 0.3) is 0 Å². The van der Waals surface area contributed by atoms with Gasteiger partial charge >= 0.3 is 0 Å². The Morgan fingerprint density at radius 2 is 2.13 bits per heavy atom. The Morgan fingerprint density at radius 1 is 1.39 bits per heavy atom. The van der Waals surface area contributed by atoms with Crippen molar-refractivity contribution in [2.24, 2.45) is 5.92 Å². The van der Waals surface area contributed by atoms with E-state index in [4.69, 9.17) is 4.74 Å². The van der Waals surface area contributed by atoms with Gasteiger partial charge in [-0.05, 0) is 38.1 Å². The van der Waals surface area contributed by atoms with Gasteiger partial charge in [0.15, 0.2) is 0 Å². The van der Waals surface area contributed by atoms with Crippen LogP contribution < -0.4 is 15.4 Å². The van der Waals surface area contributed by atoms with Crippen molar-refractivity contribution in [1.29, 1.82) is 0 Å². The number of nitrogens with zero attached hydrogens (tertiary/aromatic N) is 1. The van der Waals surface area contributed by atoms with Gasteiger partial charge < -0.3 is 20.3 Å². The number of rotatable bonds is 5. The fraction of sp³-hybridized carbons (Fsp3) is 0.500. The molecule has 2 amide bonds. The van der Waals surface area contributed by atoms with E-state index in [2.05, 4.69) is 10.6 Å². The van der Waals surface area contributed by atoms with Crippen LogP contribution in [0.2, 0.25) is 0 Å². The van der Waals surface area contributed by atoms with E-state index >= 15 is 0 Å². The number of hydrogen-bond acceptors (Lipinski definition) is 4. The molecule has 1 unspecified atom stereocenters. The normalized spacial score (nSPS) is 16.4. The Bertz CT molecular complexity index is 558. The summed E-state index contributed by atoms with van der Waals surface area (Å²) < 4.78 is 5.57. The Hall–Kier alpha value is -1.79. The molecule has 0 aromatic heterocycles. The van der Waals surface area contributed by atoms with Gasteiger partial charge in [0, 0.05) is 26.2 Å². The number of anilines is 1. The Kier molecular flexibility index (Phi) is 7.32. The predicted octanol–water partition coefficient (Wildman–Crippen LogP) is 1.76. The molecule has 1 atom stereocenters. The van der Waals surface area contributed by atoms with Crippen LogP contribution in [-0.4, -0.2) is 50.5 Å². The molecule has 6 nitrogen and oxygen atoms in total. The molecular weight excluding hydrogens is 318 g/mol. The zero-order chi connectivity index (χ0) is 16.1. The minimum absolute atomic E-state index is 0. The van der Waals surface area contributed by atoms with Gasteiger partial charge in [-0.1, -0.05) is 0 Å². The summed E-state index contributed by atoms with van der Waals surface area (Å²) in [4.78, 5) is 25.7. The van der Waals surface area contributed by atoms with Gasteiger partial charge in [0.25, 0.3) is 5.91 Å². The fourth-order valence-corrected chi connectivity index (χ4v) is 2.40. The van der Waals surface area contributed by atoms with E-state index in [0.717, 1.165) is 13.0 Å². The van der Waals surface area contributed by atoms with E-state index in [1.54, 1.807) is 32.3 Å². The van der Waals surface area contributed by atoms with Gasteiger partial charge in [-0.2, -0.15) is 0 Å². The van der Waals surface area contributed by atoms with Crippen molar-refractivity contribution >= 4 is 29.9 Å². The maximum atomic E-state index is 12.2. The van der Waals surface area contributed by atoms with Crippen molar-refractivity contribution < 1.29 is 14.3 Å². The van der Waals surface area contributed by atoms with Crippen LogP contribution >= 0.6 is 12.4 Å². The number of nitrogens with one attached hydrogen (secondary N) is 2. The molecule has 1 saturated heterocycles. The first kappa shape index (κ1) is 19.3. The second-order valence-corrected chi connectivity index (χ2v) is 5.52. The molecule has 0 radical (unpaired) electrons. The van der Waals surface area contributed by atoms with Gasteiger partial charge in [0.2, 0.25) is 5.91 Å². The number of benzene rings is 1. The van der Waals surface area contributed by atoms with Crippen molar-refractivity contribution in [3.05, 3.63) is 23.8 Å². The lowest BCUT2D eigenvalue weighted by molar-refractivity contribution is -0.119. The number of halogens is 1. The summed E-state index contributed by atoms with van der Waals surface area (Å²) in [5, 5.41) is 6.08. The highest BCUT2D eigenvalue weighted by Gasteiger charge is 2.23. The number of carbonyl (C=O) groups excluding carboxylic acids is 2. The summed E-state index contributed by atoms with van der Waals surface area (Å²) in [5.74, 6) is 0.392. The summed E-state index contributed by atoms with van der Waals surface area (Å²) >= 11 is 0. The molecule has 0 aliphatic carbocycles. The highest BCUT2D eigenvalue weighted by atomic mass is 35.5. The molecule has 1 fully saturated rings. The zero-order valence-corrected chi connectivity index (χ0v) is 14.5. The van der Waals surface area contributed by atoms with Gasteiger partial charge in [-0.15, -0.1) is 12.4 Å². The van der Waals surface area contributed by atoms with Crippen molar-refractivity contribution in [3.63, 3.8) is 0 Å². The van der Waals surface area contributed by atoms with Gasteiger partial charge in [0.1, 0.15) is 5.75 Å². The smallest absolute Gasteiger partial charge is 0.253 e. The molecule has 1 aliphatic heterocycles. The number of amides is 2. The molecule has 0 spiro atoms. The van der Waals surface area contributed by atoms with Crippen LogP contribution in [-0.2, 0) is 4.79 Å². The lowest BCUT2D eigenvalue weighted by Crippen LogP contribution is -2.25. The molecule has 2 rings (SSSR count). The third kappa shape index (κ3) is 4.84. The topological polar surface area (TPSA) is 70.7 Å². The summed E-state index contributed by atoms with van der Waals surface area (Å²) in [6, 6.07) is 5.10. The second-order valence-electron chi connectivity index (χ2n) is 5.52. The van der Waals surface area contributed by atoms with Crippen LogP contribution in [0, 0.1) is 5.92 Å². The molecule has 2 N–H and O–H groups in total. The van der Waals surface area contributed by atoms with E-state index in [0.29, 0.717) is 30.2 Å². The molecule has 1 heterocycles. The van der Waals surface area contributed by atoms with E-state index < -0.39 is 0 Å². The summed E-state index contributed by atoms with van der Waals surface area (Å²) in [7, 11) is 3.40. The fourth-order valence-electron chi connectivity index (χ4n) is 2.40. The molecular formula is C16H24ClN3O3. The first-order chi connectivity index (χ1) is 10.5. The van der Waals surface area contributed by atoms with E-state index in [1.165, 1.54) is 4.90 Å². The number of hydrogen-bond donors (Lipinski definition) is 2. The van der Waals surface area contributed by atoms with Gasteiger partial charge in [-0.3, -0.25) is 9.59 Å². The highest BCUT2D eigenvalue weighted by molar-refractivity contribution is 5.97. The standard InChI is InChI=1S/C16H23N3O3.ClH/c1-4-22-14-9-11(16(21)19(2)3)5-6-13(14)18-15(20)12-7-8-17-10-12;/h5-6,9,12,17H,4,7-8,10H2,1-3H3,(H,18,20);1H. The van der Waals surface area contributed by atoms with Crippen LogP contribution in [0.1, 0.15) is 23.7 Å². The lowest BCUT2D eigenvalue weighted by Gasteiger charge is -2.16. The van der Waals surface area contributed by atoms with Crippen LogP contribution in [0.3, 0.4) is 0 Å². The maximum Gasteiger partial charge on any atom is 0.253 e. The summed E-state index contributed by atoms with van der Waals surface area (Å²) in [5.41, 5.74) is 1.14. The summed E-state index contributed by atoms with van der Waals surface area (Å²) in [6.07, 6.45) is 0.840. The Balaban J connectivity index is 0.00000264.